The molecule has 0 aliphatic rings. The third kappa shape index (κ3) is 8.18. The van der Waals surface area contributed by atoms with Gasteiger partial charge in [0.25, 0.3) is 0 Å². The van der Waals surface area contributed by atoms with Gasteiger partial charge in [0.2, 0.25) is 15.9 Å². The van der Waals surface area contributed by atoms with Crippen LogP contribution in [-0.4, -0.2) is 54.0 Å². The molecule has 0 saturated heterocycles. The molecule has 1 amide bonds. The molecular weight excluding hydrogens is 500 g/mol. The van der Waals surface area contributed by atoms with E-state index in [4.69, 9.17) is 23.1 Å². The van der Waals surface area contributed by atoms with Crippen molar-refractivity contribution in [3.8, 4) is 0 Å². The lowest BCUT2D eigenvalue weighted by Gasteiger charge is -2.34. The van der Waals surface area contributed by atoms with Gasteiger partial charge in [0.05, 0.1) is 17.5 Å². The summed E-state index contributed by atoms with van der Waals surface area (Å²) < 4.78 is 28.0. The number of benzene rings is 2. The summed E-state index contributed by atoms with van der Waals surface area (Å²) in [6, 6.07) is 11.6. The lowest BCUT2D eigenvalue weighted by atomic mass is 9.94. The van der Waals surface area contributed by atoms with E-state index in [9.17, 15) is 18.3 Å². The molecule has 0 bridgehead atoms. The molecule has 2 rings (SSSR count). The number of rotatable bonds is 13. The van der Waals surface area contributed by atoms with Crippen molar-refractivity contribution in [2.75, 3.05) is 12.3 Å². The molecule has 2 aromatic rings. The predicted octanol–water partition coefficient (Wildman–Crippen LogP) is 3.32. The summed E-state index contributed by atoms with van der Waals surface area (Å²) >= 11 is 6.18. The summed E-state index contributed by atoms with van der Waals surface area (Å²) in [6.07, 6.45) is 1.90. The fourth-order valence-corrected chi connectivity index (χ4v) is 6.27. The quantitative estimate of drug-likeness (QED) is 0.288. The molecule has 0 spiro atoms. The van der Waals surface area contributed by atoms with Crippen molar-refractivity contribution in [3.63, 3.8) is 0 Å². The van der Waals surface area contributed by atoms with E-state index in [1.54, 1.807) is 32.0 Å². The van der Waals surface area contributed by atoms with Crippen LogP contribution in [0.25, 0.3) is 0 Å². The number of aliphatic hydroxyl groups is 1. The van der Waals surface area contributed by atoms with Crippen LogP contribution in [0, 0.1) is 0 Å². The highest BCUT2D eigenvalue weighted by Crippen LogP contribution is 2.25. The molecule has 2 aromatic carbocycles. The van der Waals surface area contributed by atoms with E-state index in [0.29, 0.717) is 36.4 Å². The smallest absolute Gasteiger partial charge is 0.243 e. The average Bonchev–Trinajstić information content (AvgIpc) is 2.79. The Morgan fingerprint density at radius 2 is 1.75 bits per heavy atom. The van der Waals surface area contributed by atoms with Gasteiger partial charge in [-0.3, -0.25) is 4.79 Å². The number of anilines is 1. The maximum Gasteiger partial charge on any atom is 0.243 e. The van der Waals surface area contributed by atoms with Crippen LogP contribution in [0.5, 0.6) is 0 Å². The third-order valence-corrected chi connectivity index (χ3v) is 8.58. The molecule has 0 fully saturated rings. The van der Waals surface area contributed by atoms with Crippen molar-refractivity contribution in [3.05, 3.63) is 59.1 Å². The van der Waals surface area contributed by atoms with Gasteiger partial charge in [-0.15, -0.1) is 0 Å². The minimum Gasteiger partial charge on any atom is -0.399 e. The Morgan fingerprint density at radius 1 is 1.14 bits per heavy atom. The lowest BCUT2D eigenvalue weighted by molar-refractivity contribution is -0.124. The number of nitrogen functional groups attached to an aromatic ring is 1. The second-order valence-electron chi connectivity index (χ2n) is 10.0. The van der Waals surface area contributed by atoms with Crippen LogP contribution in [0.2, 0.25) is 5.02 Å². The molecule has 0 aromatic heterocycles. The van der Waals surface area contributed by atoms with Gasteiger partial charge in [-0.05, 0) is 89.3 Å². The number of nitrogens with one attached hydrogen (secondary N) is 1. The van der Waals surface area contributed by atoms with Crippen LogP contribution in [0.4, 0.5) is 5.69 Å². The highest BCUT2D eigenvalue weighted by Gasteiger charge is 2.34. The normalized spacial score (nSPS) is 14.1. The van der Waals surface area contributed by atoms with Gasteiger partial charge in [0.15, 0.2) is 0 Å². The van der Waals surface area contributed by atoms with E-state index < -0.39 is 27.6 Å². The van der Waals surface area contributed by atoms with E-state index in [0.717, 1.165) is 5.56 Å². The van der Waals surface area contributed by atoms with Crippen molar-refractivity contribution < 1.29 is 18.3 Å². The van der Waals surface area contributed by atoms with Crippen LogP contribution in [0.3, 0.4) is 0 Å². The molecule has 0 aliphatic carbocycles. The van der Waals surface area contributed by atoms with Crippen LogP contribution in [-0.2, 0) is 21.2 Å². The third-order valence-electron chi connectivity index (χ3n) is 6.07. The monoisotopic (exact) mass is 538 g/mol. The molecular formula is C26H39ClN4O4S. The molecule has 0 heterocycles. The fraction of sp³-hybridized carbons (Fsp3) is 0.500. The standard InChI is InChI=1S/C26H39ClN4O4S/c1-18(2)31(36(34,35)22-13-11-20(28)12-14-22)21(17-32)9-7-15-26(3,4)30-25(33)24(29)16-19-8-5-6-10-23(19)27/h5-6,8,10-14,18,21,24,32H,7,9,15-17,28-29H2,1-4H3,(H,30,33)/t21-,24-/m0/s1. The number of hydrogen-bond acceptors (Lipinski definition) is 6. The molecule has 0 radical (unpaired) electrons. The van der Waals surface area contributed by atoms with Crippen molar-refractivity contribution in [1.82, 2.24) is 9.62 Å². The van der Waals surface area contributed by atoms with Crippen LogP contribution in [0.15, 0.2) is 53.4 Å². The van der Waals surface area contributed by atoms with Crippen molar-refractivity contribution in [1.29, 1.82) is 0 Å². The van der Waals surface area contributed by atoms with Gasteiger partial charge in [0.1, 0.15) is 0 Å². The zero-order valence-electron chi connectivity index (χ0n) is 21.4. The van der Waals surface area contributed by atoms with E-state index in [1.165, 1.54) is 16.4 Å². The number of aliphatic hydroxyl groups excluding tert-OH is 1. The minimum atomic E-state index is -3.84. The first-order valence-corrected chi connectivity index (χ1v) is 13.9. The Hall–Kier alpha value is -2.17. The Bertz CT molecular complexity index is 1110. The number of nitrogens with zero attached hydrogens (tertiary/aromatic N) is 1. The summed E-state index contributed by atoms with van der Waals surface area (Å²) in [5, 5.41) is 13.6. The molecule has 2 atom stereocenters. The summed E-state index contributed by atoms with van der Waals surface area (Å²) in [5.41, 5.74) is 12.5. The number of carbonyl (C=O) groups is 1. The van der Waals surface area contributed by atoms with Crippen molar-refractivity contribution in [2.45, 2.75) is 81.9 Å². The van der Waals surface area contributed by atoms with Gasteiger partial charge < -0.3 is 21.9 Å². The Labute approximate surface area is 220 Å². The first kappa shape index (κ1) is 30.1. The minimum absolute atomic E-state index is 0.129. The van der Waals surface area contributed by atoms with Gasteiger partial charge in [-0.1, -0.05) is 29.8 Å². The Kier molecular flexibility index (Phi) is 10.7. The summed E-state index contributed by atoms with van der Waals surface area (Å²) in [7, 11) is -3.84. The first-order chi connectivity index (χ1) is 16.8. The number of sulfonamides is 1. The van der Waals surface area contributed by atoms with E-state index >= 15 is 0 Å². The zero-order chi connectivity index (χ0) is 27.1. The number of halogens is 1. The van der Waals surface area contributed by atoms with Crippen molar-refractivity contribution >= 4 is 33.2 Å². The predicted molar refractivity (Wildman–Crippen MR) is 145 cm³/mol. The molecule has 0 aliphatic heterocycles. The van der Waals surface area contributed by atoms with Gasteiger partial charge in [-0.2, -0.15) is 4.31 Å². The van der Waals surface area contributed by atoms with E-state index in [1.807, 2.05) is 32.0 Å². The van der Waals surface area contributed by atoms with Gasteiger partial charge >= 0.3 is 0 Å². The largest absolute Gasteiger partial charge is 0.399 e. The van der Waals surface area contributed by atoms with Crippen LogP contribution in [0.1, 0.15) is 52.5 Å². The number of hydrogen-bond donors (Lipinski definition) is 4. The molecule has 8 nitrogen and oxygen atoms in total. The molecule has 10 heteroatoms. The SMILES string of the molecule is CC(C)N([C@H](CO)CCCC(C)(C)NC(=O)[C@@H](N)Cc1ccccc1Cl)S(=O)(=O)c1ccc(N)cc1. The second-order valence-corrected chi connectivity index (χ2v) is 12.3. The lowest BCUT2D eigenvalue weighted by Crippen LogP contribution is -2.51. The highest BCUT2D eigenvalue weighted by molar-refractivity contribution is 7.89. The number of amides is 1. The molecule has 6 N–H and O–H groups in total. The van der Waals surface area contributed by atoms with Crippen molar-refractivity contribution in [2.24, 2.45) is 5.73 Å². The second kappa shape index (κ2) is 12.9. The number of carbonyl (C=O) groups excluding carboxylic acids is 1. The number of nitrogens with two attached hydrogens (primary N) is 2. The van der Waals surface area contributed by atoms with Gasteiger partial charge in [-0.25, -0.2) is 8.42 Å². The van der Waals surface area contributed by atoms with E-state index in [-0.39, 0.29) is 23.5 Å². The molecule has 0 unspecified atom stereocenters. The molecule has 200 valence electrons. The first-order valence-electron chi connectivity index (χ1n) is 12.1. The van der Waals surface area contributed by atoms with Crippen LogP contribution < -0.4 is 16.8 Å². The molecule has 36 heavy (non-hydrogen) atoms. The molecule has 0 saturated carbocycles. The maximum absolute atomic E-state index is 13.3. The Morgan fingerprint density at radius 3 is 2.31 bits per heavy atom. The topological polar surface area (TPSA) is 139 Å². The van der Waals surface area contributed by atoms with Gasteiger partial charge in [0, 0.05) is 28.3 Å². The van der Waals surface area contributed by atoms with Crippen LogP contribution >= 0.6 is 11.6 Å². The Balaban J connectivity index is 2.01. The maximum atomic E-state index is 13.3. The van der Waals surface area contributed by atoms with E-state index in [2.05, 4.69) is 5.32 Å². The zero-order valence-corrected chi connectivity index (χ0v) is 23.0. The highest BCUT2D eigenvalue weighted by atomic mass is 35.5. The summed E-state index contributed by atoms with van der Waals surface area (Å²) in [4.78, 5) is 12.9. The average molecular weight is 539 g/mol. The summed E-state index contributed by atoms with van der Waals surface area (Å²) in [6.45, 7) is 7.03. The summed E-state index contributed by atoms with van der Waals surface area (Å²) in [5.74, 6) is -0.284. The fourth-order valence-electron chi connectivity index (χ4n) is 4.22.